The summed E-state index contributed by atoms with van der Waals surface area (Å²) in [5.41, 5.74) is 2.49. The molecule has 2 N–H and O–H groups in total. The zero-order valence-corrected chi connectivity index (χ0v) is 20.1. The predicted molar refractivity (Wildman–Crippen MR) is 125 cm³/mol. The van der Waals surface area contributed by atoms with Crippen LogP contribution in [0.3, 0.4) is 0 Å². The van der Waals surface area contributed by atoms with Gasteiger partial charge in [0.15, 0.2) is 5.96 Å². The van der Waals surface area contributed by atoms with E-state index in [0.29, 0.717) is 45.4 Å². The fourth-order valence-corrected chi connectivity index (χ4v) is 4.23. The molecule has 0 aromatic heterocycles. The molecule has 0 amide bonds. The molecule has 1 saturated heterocycles. The minimum Gasteiger partial charge on any atom is -0.379 e. The maximum Gasteiger partial charge on any atom is 0.215 e. The van der Waals surface area contributed by atoms with Gasteiger partial charge in [-0.2, -0.15) is 4.31 Å². The van der Waals surface area contributed by atoms with Crippen molar-refractivity contribution in [3.05, 3.63) is 35.4 Å². The second-order valence-electron chi connectivity index (χ2n) is 6.79. The summed E-state index contributed by atoms with van der Waals surface area (Å²) in [6.45, 7) is 9.70. The zero-order chi connectivity index (χ0) is 19.7. The van der Waals surface area contributed by atoms with Crippen LogP contribution in [0.1, 0.15) is 30.9 Å². The maximum absolute atomic E-state index is 12.4. The summed E-state index contributed by atoms with van der Waals surface area (Å²) in [5, 5.41) is 6.31. The molecule has 160 valence electrons. The molecule has 1 aliphatic heterocycles. The van der Waals surface area contributed by atoms with Gasteiger partial charge in [-0.3, -0.25) is 4.99 Å². The average molecular weight is 524 g/mol. The number of sulfonamides is 1. The summed E-state index contributed by atoms with van der Waals surface area (Å²) < 4.78 is 31.5. The minimum absolute atomic E-state index is 0. The van der Waals surface area contributed by atoms with E-state index in [-0.39, 0.29) is 35.6 Å². The van der Waals surface area contributed by atoms with Crippen LogP contribution in [0.15, 0.2) is 29.3 Å². The van der Waals surface area contributed by atoms with E-state index >= 15 is 0 Å². The van der Waals surface area contributed by atoms with E-state index in [1.54, 1.807) is 0 Å². The smallest absolute Gasteiger partial charge is 0.215 e. The lowest BCUT2D eigenvalue weighted by atomic mass is 10.00. The van der Waals surface area contributed by atoms with E-state index in [9.17, 15) is 8.42 Å². The van der Waals surface area contributed by atoms with Crippen molar-refractivity contribution in [2.24, 2.45) is 4.99 Å². The summed E-state index contributed by atoms with van der Waals surface area (Å²) in [5.74, 6) is 0.983. The van der Waals surface area contributed by atoms with Crippen molar-refractivity contribution in [2.75, 3.05) is 51.7 Å². The van der Waals surface area contributed by atoms with Crippen LogP contribution < -0.4 is 10.6 Å². The highest BCUT2D eigenvalue weighted by Crippen LogP contribution is 2.16. The molecule has 0 spiro atoms. The quantitative estimate of drug-likeness (QED) is 0.309. The topological polar surface area (TPSA) is 83.0 Å². The molecule has 1 fully saturated rings. The van der Waals surface area contributed by atoms with Gasteiger partial charge in [0.25, 0.3) is 0 Å². The van der Waals surface area contributed by atoms with Crippen LogP contribution >= 0.6 is 24.0 Å². The predicted octanol–water partition coefficient (Wildman–Crippen LogP) is 1.93. The Labute approximate surface area is 186 Å². The third-order valence-corrected chi connectivity index (χ3v) is 6.37. The van der Waals surface area contributed by atoms with Gasteiger partial charge in [0.1, 0.15) is 0 Å². The summed E-state index contributed by atoms with van der Waals surface area (Å²) in [7, 11) is -3.26. The van der Waals surface area contributed by atoms with Crippen molar-refractivity contribution in [2.45, 2.75) is 26.7 Å². The first kappa shape index (κ1) is 25.1. The van der Waals surface area contributed by atoms with E-state index in [0.717, 1.165) is 6.54 Å². The highest BCUT2D eigenvalue weighted by molar-refractivity contribution is 14.0. The molecule has 1 unspecified atom stereocenters. The molecular weight excluding hydrogens is 491 g/mol. The van der Waals surface area contributed by atoms with Crippen LogP contribution in [-0.4, -0.2) is 70.4 Å². The van der Waals surface area contributed by atoms with Crippen molar-refractivity contribution in [3.63, 3.8) is 0 Å². The van der Waals surface area contributed by atoms with Crippen molar-refractivity contribution in [3.8, 4) is 0 Å². The molecular formula is C19H33IN4O3S. The number of benzene rings is 1. The first-order valence-corrected chi connectivity index (χ1v) is 11.2. The van der Waals surface area contributed by atoms with Crippen molar-refractivity contribution in [1.29, 1.82) is 0 Å². The van der Waals surface area contributed by atoms with Crippen LogP contribution in [0, 0.1) is 6.92 Å². The Morgan fingerprint density at radius 1 is 1.29 bits per heavy atom. The van der Waals surface area contributed by atoms with Gasteiger partial charge in [-0.15, -0.1) is 24.0 Å². The molecule has 0 radical (unpaired) electrons. The Morgan fingerprint density at radius 2 is 2.00 bits per heavy atom. The third kappa shape index (κ3) is 8.22. The molecule has 0 saturated carbocycles. The highest BCUT2D eigenvalue weighted by Gasteiger charge is 2.23. The molecule has 2 rings (SSSR count). The van der Waals surface area contributed by atoms with E-state index < -0.39 is 10.0 Å². The number of hydrogen-bond donors (Lipinski definition) is 2. The monoisotopic (exact) mass is 524 g/mol. The largest absolute Gasteiger partial charge is 0.379 e. The molecule has 0 aliphatic carbocycles. The second-order valence-corrected chi connectivity index (χ2v) is 8.88. The number of nitrogens with one attached hydrogen (secondary N) is 2. The number of halogens is 1. The average Bonchev–Trinajstić information content (AvgIpc) is 2.66. The normalized spacial score (nSPS) is 16.9. The number of rotatable bonds is 8. The maximum atomic E-state index is 12.4. The molecule has 1 atom stereocenters. The number of ether oxygens (including phenoxy) is 1. The molecule has 1 heterocycles. The van der Waals surface area contributed by atoms with E-state index in [1.807, 2.05) is 6.92 Å². The number of guanidine groups is 1. The van der Waals surface area contributed by atoms with Crippen LogP contribution in [0.2, 0.25) is 0 Å². The molecule has 9 heteroatoms. The summed E-state index contributed by atoms with van der Waals surface area (Å²) in [4.78, 5) is 4.62. The highest BCUT2D eigenvalue weighted by atomic mass is 127. The van der Waals surface area contributed by atoms with Gasteiger partial charge < -0.3 is 15.4 Å². The van der Waals surface area contributed by atoms with Crippen LogP contribution in [0.5, 0.6) is 0 Å². The second kappa shape index (κ2) is 12.6. The van der Waals surface area contributed by atoms with E-state index in [4.69, 9.17) is 4.74 Å². The molecule has 0 bridgehead atoms. The fraction of sp³-hybridized carbons (Fsp3) is 0.632. The Morgan fingerprint density at radius 3 is 2.64 bits per heavy atom. The lowest BCUT2D eigenvalue weighted by Crippen LogP contribution is -2.45. The number of morpholine rings is 1. The fourth-order valence-electron chi connectivity index (χ4n) is 2.90. The SMILES string of the molecule is CCNC(=NCC(C)c1cccc(C)c1)NCCS(=O)(=O)N1CCOCC1.I. The van der Waals surface area contributed by atoms with Crippen LogP contribution in [0.4, 0.5) is 0 Å². The van der Waals surface area contributed by atoms with E-state index in [2.05, 4.69) is 53.7 Å². The number of aryl methyl sites for hydroxylation is 1. The first-order valence-electron chi connectivity index (χ1n) is 9.56. The van der Waals surface area contributed by atoms with Gasteiger partial charge in [0.2, 0.25) is 10.0 Å². The Hall–Kier alpha value is -0.910. The van der Waals surface area contributed by atoms with Gasteiger partial charge in [0, 0.05) is 38.6 Å². The van der Waals surface area contributed by atoms with E-state index in [1.165, 1.54) is 15.4 Å². The summed E-state index contributed by atoms with van der Waals surface area (Å²) in [6, 6.07) is 8.43. The molecule has 1 aromatic rings. The van der Waals surface area contributed by atoms with Crippen molar-refractivity contribution < 1.29 is 13.2 Å². The van der Waals surface area contributed by atoms with Crippen molar-refractivity contribution >= 4 is 40.0 Å². The molecule has 1 aliphatic rings. The Bertz CT molecular complexity index is 722. The standard InChI is InChI=1S/C19H32N4O3S.HI/c1-4-20-19(22-15-17(3)18-7-5-6-16(2)14-18)21-8-13-27(24,25)23-9-11-26-12-10-23;/h5-7,14,17H,4,8-13,15H2,1-3H3,(H2,20,21,22);1H. The van der Waals surface area contributed by atoms with Crippen LogP contribution in [0.25, 0.3) is 0 Å². The summed E-state index contributed by atoms with van der Waals surface area (Å²) in [6.07, 6.45) is 0. The van der Waals surface area contributed by atoms with Crippen molar-refractivity contribution in [1.82, 2.24) is 14.9 Å². The molecule has 7 nitrogen and oxygen atoms in total. The molecule has 1 aromatic carbocycles. The van der Waals surface area contributed by atoms with Gasteiger partial charge in [-0.05, 0) is 19.4 Å². The minimum atomic E-state index is -3.26. The lowest BCUT2D eigenvalue weighted by Gasteiger charge is -2.26. The van der Waals surface area contributed by atoms with Crippen LogP contribution in [-0.2, 0) is 14.8 Å². The third-order valence-electron chi connectivity index (χ3n) is 4.49. The summed E-state index contributed by atoms with van der Waals surface area (Å²) >= 11 is 0. The number of aliphatic imine (C=N–C) groups is 1. The van der Waals surface area contributed by atoms with Gasteiger partial charge in [-0.1, -0.05) is 36.8 Å². The Kier molecular flexibility index (Phi) is 11.3. The number of nitrogens with zero attached hydrogens (tertiary/aromatic N) is 2. The Balaban J connectivity index is 0.00000392. The van der Waals surface area contributed by atoms with Gasteiger partial charge in [0.05, 0.1) is 19.0 Å². The van der Waals surface area contributed by atoms with Gasteiger partial charge in [-0.25, -0.2) is 8.42 Å². The molecule has 28 heavy (non-hydrogen) atoms. The van der Waals surface area contributed by atoms with Gasteiger partial charge >= 0.3 is 0 Å². The lowest BCUT2D eigenvalue weighted by molar-refractivity contribution is 0.0730. The first-order chi connectivity index (χ1) is 12.9. The number of hydrogen-bond acceptors (Lipinski definition) is 4. The zero-order valence-electron chi connectivity index (χ0n) is 17.0.